The molecule has 3 atom stereocenters. The number of hydrogen-bond donors (Lipinski definition) is 2. The molecule has 5 heteroatoms. The first-order valence-electron chi connectivity index (χ1n) is 8.44. The summed E-state index contributed by atoms with van der Waals surface area (Å²) in [5.74, 6) is 1.18. The highest BCUT2D eigenvalue weighted by atomic mass is 16.7. The van der Waals surface area contributed by atoms with Crippen molar-refractivity contribution in [3.63, 3.8) is 0 Å². The lowest BCUT2D eigenvalue weighted by Gasteiger charge is -2.47. The zero-order valence-corrected chi connectivity index (χ0v) is 13.0. The van der Waals surface area contributed by atoms with Crippen LogP contribution in [0.15, 0.2) is 0 Å². The molecule has 0 aromatic rings. The van der Waals surface area contributed by atoms with Gasteiger partial charge in [0.1, 0.15) is 0 Å². The lowest BCUT2D eigenvalue weighted by Crippen LogP contribution is -2.53. The Morgan fingerprint density at radius 1 is 1.33 bits per heavy atom. The Morgan fingerprint density at radius 3 is 2.90 bits per heavy atom. The number of ether oxygens (including phenoxy) is 2. The minimum absolute atomic E-state index is 0.0718. The van der Waals surface area contributed by atoms with Crippen LogP contribution >= 0.6 is 0 Å². The molecular weight excluding hydrogens is 268 g/mol. The molecule has 1 amide bonds. The van der Waals surface area contributed by atoms with Crippen molar-refractivity contribution in [3.8, 4) is 0 Å². The summed E-state index contributed by atoms with van der Waals surface area (Å²) < 4.78 is 11.9. The van der Waals surface area contributed by atoms with Crippen LogP contribution in [0.2, 0.25) is 0 Å². The van der Waals surface area contributed by atoms with Crippen molar-refractivity contribution in [2.45, 2.75) is 57.3 Å². The molecule has 1 saturated carbocycles. The normalized spacial score (nSPS) is 34.6. The molecule has 0 aromatic heterocycles. The van der Waals surface area contributed by atoms with Gasteiger partial charge in [0.25, 0.3) is 0 Å². The molecule has 0 bridgehead atoms. The third kappa shape index (κ3) is 3.58. The number of hydrogen-bond acceptors (Lipinski definition) is 4. The maximum Gasteiger partial charge on any atom is 0.216 e. The largest absolute Gasteiger partial charge is 0.356 e. The Hall–Kier alpha value is -0.650. The first-order chi connectivity index (χ1) is 10.2. The molecule has 2 aliphatic heterocycles. The van der Waals surface area contributed by atoms with E-state index in [1.54, 1.807) is 6.92 Å². The number of rotatable bonds is 4. The van der Waals surface area contributed by atoms with Gasteiger partial charge in [0.15, 0.2) is 5.79 Å². The lowest BCUT2D eigenvalue weighted by atomic mass is 9.69. The minimum atomic E-state index is -0.282. The summed E-state index contributed by atoms with van der Waals surface area (Å²) in [5.41, 5.74) is 0. The van der Waals surface area contributed by atoms with E-state index in [0.29, 0.717) is 12.0 Å². The van der Waals surface area contributed by atoms with Gasteiger partial charge in [0, 0.05) is 32.4 Å². The number of carbonyl (C=O) groups excluding carboxylic acids is 1. The molecule has 1 aliphatic carbocycles. The van der Waals surface area contributed by atoms with Gasteiger partial charge in [0.05, 0.1) is 13.2 Å². The van der Waals surface area contributed by atoms with Gasteiger partial charge in [-0.1, -0.05) is 0 Å². The molecule has 120 valence electrons. The smallest absolute Gasteiger partial charge is 0.216 e. The average molecular weight is 296 g/mol. The zero-order chi connectivity index (χ0) is 14.7. The predicted octanol–water partition coefficient (Wildman–Crippen LogP) is 1.42. The van der Waals surface area contributed by atoms with Crippen LogP contribution in [0.4, 0.5) is 0 Å². The highest BCUT2D eigenvalue weighted by Crippen LogP contribution is 2.44. The van der Waals surface area contributed by atoms with Gasteiger partial charge in [-0.15, -0.1) is 0 Å². The van der Waals surface area contributed by atoms with Gasteiger partial charge in [-0.3, -0.25) is 4.79 Å². The van der Waals surface area contributed by atoms with Crippen molar-refractivity contribution >= 4 is 5.91 Å². The molecule has 1 spiro atoms. The third-order valence-corrected chi connectivity index (χ3v) is 5.37. The summed E-state index contributed by atoms with van der Waals surface area (Å²) >= 11 is 0. The molecule has 2 saturated heterocycles. The molecule has 5 nitrogen and oxygen atoms in total. The molecular formula is C16H28N2O3. The van der Waals surface area contributed by atoms with E-state index < -0.39 is 0 Å². The summed E-state index contributed by atoms with van der Waals surface area (Å²) in [7, 11) is 0. The molecule has 0 unspecified atom stereocenters. The number of piperidine rings is 1. The van der Waals surface area contributed by atoms with Gasteiger partial charge < -0.3 is 20.1 Å². The lowest BCUT2D eigenvalue weighted by molar-refractivity contribution is -0.198. The van der Waals surface area contributed by atoms with E-state index in [1.807, 2.05) is 0 Å². The number of nitrogens with one attached hydrogen (secondary N) is 2. The number of carbonyl (C=O) groups is 1. The number of fused-ring (bicyclic) bond motifs is 1. The van der Waals surface area contributed by atoms with Crippen LogP contribution < -0.4 is 10.6 Å². The quantitative estimate of drug-likeness (QED) is 0.771. The third-order valence-electron chi connectivity index (χ3n) is 5.37. The Bertz CT molecular complexity index is 369. The topological polar surface area (TPSA) is 59.6 Å². The summed E-state index contributed by atoms with van der Waals surface area (Å²) in [5, 5.41) is 6.59. The monoisotopic (exact) mass is 296 g/mol. The second-order valence-electron chi connectivity index (χ2n) is 6.75. The van der Waals surface area contributed by atoms with Crippen LogP contribution in [0, 0.1) is 11.8 Å². The molecule has 3 fully saturated rings. The van der Waals surface area contributed by atoms with Crippen molar-refractivity contribution < 1.29 is 14.3 Å². The van der Waals surface area contributed by atoms with E-state index >= 15 is 0 Å². The van der Waals surface area contributed by atoms with Crippen LogP contribution in [0.25, 0.3) is 0 Å². The van der Waals surface area contributed by atoms with Gasteiger partial charge in [-0.05, 0) is 44.1 Å². The van der Waals surface area contributed by atoms with E-state index in [9.17, 15) is 4.79 Å². The summed E-state index contributed by atoms with van der Waals surface area (Å²) in [6, 6.07) is 0.628. The van der Waals surface area contributed by atoms with Gasteiger partial charge in [0.2, 0.25) is 5.91 Å². The molecule has 0 radical (unpaired) electrons. The van der Waals surface area contributed by atoms with E-state index in [4.69, 9.17) is 9.47 Å². The van der Waals surface area contributed by atoms with Crippen LogP contribution in [-0.2, 0) is 14.3 Å². The fourth-order valence-electron chi connectivity index (χ4n) is 4.36. The van der Waals surface area contributed by atoms with Crippen LogP contribution in [0.5, 0.6) is 0 Å². The van der Waals surface area contributed by atoms with E-state index in [0.717, 1.165) is 57.9 Å². The van der Waals surface area contributed by atoms with E-state index in [-0.39, 0.29) is 11.7 Å². The minimum Gasteiger partial charge on any atom is -0.356 e. The standard InChI is InChI=1S/C16H28N2O3/c1-12(19)17-7-2-3-13-5-8-18-15-4-6-16(11-14(13)15)20-9-10-21-16/h13-15,18H,2-11H2,1H3,(H,17,19)/t13-,14-,15+/m0/s1. The Morgan fingerprint density at radius 2 is 2.14 bits per heavy atom. The molecule has 21 heavy (non-hydrogen) atoms. The Kier molecular flexibility index (Phi) is 4.82. The predicted molar refractivity (Wildman–Crippen MR) is 79.8 cm³/mol. The first kappa shape index (κ1) is 15.3. The van der Waals surface area contributed by atoms with Crippen molar-refractivity contribution in [3.05, 3.63) is 0 Å². The molecule has 2 heterocycles. The fraction of sp³-hybridized carbons (Fsp3) is 0.938. The highest BCUT2D eigenvalue weighted by molar-refractivity contribution is 5.72. The molecule has 2 N–H and O–H groups in total. The summed E-state index contributed by atoms with van der Waals surface area (Å²) in [4.78, 5) is 10.9. The van der Waals surface area contributed by atoms with Gasteiger partial charge in [-0.25, -0.2) is 0 Å². The maximum absolute atomic E-state index is 10.9. The van der Waals surface area contributed by atoms with E-state index in [1.165, 1.54) is 12.8 Å². The second-order valence-corrected chi connectivity index (χ2v) is 6.75. The summed E-state index contributed by atoms with van der Waals surface area (Å²) in [6.07, 6.45) is 6.72. The van der Waals surface area contributed by atoms with Gasteiger partial charge >= 0.3 is 0 Å². The van der Waals surface area contributed by atoms with Crippen molar-refractivity contribution in [1.29, 1.82) is 0 Å². The van der Waals surface area contributed by atoms with Crippen molar-refractivity contribution in [2.75, 3.05) is 26.3 Å². The second kappa shape index (κ2) is 6.63. The SMILES string of the molecule is CC(=O)NCCC[C@H]1CCN[C@@H]2CCC3(C[C@@H]12)OCCO3. The Balaban J connectivity index is 1.54. The number of amides is 1. The summed E-state index contributed by atoms with van der Waals surface area (Å²) in [6.45, 7) is 5.01. The average Bonchev–Trinajstić information content (AvgIpc) is 2.92. The van der Waals surface area contributed by atoms with Crippen LogP contribution in [0.1, 0.15) is 45.4 Å². The maximum atomic E-state index is 10.9. The first-order valence-corrected chi connectivity index (χ1v) is 8.44. The van der Waals surface area contributed by atoms with E-state index in [2.05, 4.69) is 10.6 Å². The molecule has 0 aromatic carbocycles. The van der Waals surface area contributed by atoms with Crippen molar-refractivity contribution in [1.82, 2.24) is 10.6 Å². The highest BCUT2D eigenvalue weighted by Gasteiger charge is 2.48. The van der Waals surface area contributed by atoms with Crippen LogP contribution in [0.3, 0.4) is 0 Å². The molecule has 3 rings (SSSR count). The zero-order valence-electron chi connectivity index (χ0n) is 13.0. The Labute approximate surface area is 127 Å². The van der Waals surface area contributed by atoms with Gasteiger partial charge in [-0.2, -0.15) is 0 Å². The van der Waals surface area contributed by atoms with Crippen LogP contribution in [-0.4, -0.2) is 44.0 Å². The fourth-order valence-corrected chi connectivity index (χ4v) is 4.36. The molecule has 3 aliphatic rings. The van der Waals surface area contributed by atoms with Crippen molar-refractivity contribution in [2.24, 2.45) is 11.8 Å².